The van der Waals surface area contributed by atoms with Crippen LogP contribution >= 0.6 is 11.6 Å². The number of sulfone groups is 1. The third-order valence-corrected chi connectivity index (χ3v) is 10.3. The fourth-order valence-electron chi connectivity index (χ4n) is 5.87. The van der Waals surface area contributed by atoms with Gasteiger partial charge in [-0.2, -0.15) is 0 Å². The average molecular weight is 554 g/mol. The summed E-state index contributed by atoms with van der Waals surface area (Å²) in [6.45, 7) is 0. The van der Waals surface area contributed by atoms with Crippen LogP contribution in [0.2, 0.25) is 5.02 Å². The number of amides is 1. The van der Waals surface area contributed by atoms with E-state index in [1.807, 2.05) is 0 Å². The van der Waals surface area contributed by atoms with Gasteiger partial charge >= 0.3 is 0 Å². The monoisotopic (exact) mass is 553 g/mol. The molecule has 3 aromatic rings. The lowest BCUT2D eigenvalue weighted by Gasteiger charge is -2.40. The summed E-state index contributed by atoms with van der Waals surface area (Å²) in [5.41, 5.74) is -1.69. The van der Waals surface area contributed by atoms with Gasteiger partial charge in [-0.15, -0.1) is 0 Å². The van der Waals surface area contributed by atoms with Gasteiger partial charge in [0.2, 0.25) is 0 Å². The number of carbonyl (C=O) groups excluding carboxylic acids is 1. The van der Waals surface area contributed by atoms with Crippen molar-refractivity contribution >= 4 is 33.0 Å². The van der Waals surface area contributed by atoms with Crippen molar-refractivity contribution < 1.29 is 31.5 Å². The number of benzene rings is 2. The number of nitrogens with zero attached hydrogens (tertiary/aromatic N) is 2. The molecule has 196 valence electrons. The van der Waals surface area contributed by atoms with Gasteiger partial charge in [-0.3, -0.25) is 4.79 Å². The molecular formula is C25H23ClF3N3O4S. The Bertz CT molecular complexity index is 1470. The second kappa shape index (κ2) is 9.14. The maximum atomic E-state index is 13.8. The van der Waals surface area contributed by atoms with Crippen molar-refractivity contribution in [1.82, 2.24) is 9.55 Å². The number of rotatable bonds is 5. The van der Waals surface area contributed by atoms with Gasteiger partial charge < -0.3 is 15.0 Å². The van der Waals surface area contributed by atoms with Crippen molar-refractivity contribution in [2.24, 2.45) is 18.9 Å². The molecule has 37 heavy (non-hydrogen) atoms. The number of aliphatic hydroxyl groups is 1. The molecule has 2 atom stereocenters. The van der Waals surface area contributed by atoms with Crippen LogP contribution in [0.1, 0.15) is 41.9 Å². The highest BCUT2D eigenvalue weighted by Gasteiger charge is 2.55. The Morgan fingerprint density at radius 1 is 1.14 bits per heavy atom. The number of carbonyl (C=O) groups is 1. The predicted molar refractivity (Wildman–Crippen MR) is 129 cm³/mol. The van der Waals surface area contributed by atoms with Gasteiger partial charge in [0.25, 0.3) is 5.91 Å². The zero-order chi connectivity index (χ0) is 26.7. The Hall–Kier alpha value is -2.89. The van der Waals surface area contributed by atoms with E-state index in [9.17, 15) is 31.5 Å². The molecule has 2 aliphatic carbocycles. The van der Waals surface area contributed by atoms with E-state index >= 15 is 0 Å². The lowest BCUT2D eigenvalue weighted by molar-refractivity contribution is -0.0337. The third kappa shape index (κ3) is 4.42. The number of halogens is 4. The Labute approximate surface area is 216 Å². The topological polar surface area (TPSA) is 101 Å². The molecular weight excluding hydrogens is 531 g/mol. The summed E-state index contributed by atoms with van der Waals surface area (Å²) < 4.78 is 69.7. The summed E-state index contributed by atoms with van der Waals surface area (Å²) in [5, 5.41) is 12.8. The first-order valence-electron chi connectivity index (χ1n) is 11.6. The lowest BCUT2D eigenvalue weighted by atomic mass is 9.76. The zero-order valence-electron chi connectivity index (χ0n) is 19.6. The van der Waals surface area contributed by atoms with E-state index in [-0.39, 0.29) is 45.8 Å². The van der Waals surface area contributed by atoms with Crippen LogP contribution in [0.25, 0.3) is 0 Å². The largest absolute Gasteiger partial charge is 0.382 e. The van der Waals surface area contributed by atoms with Gasteiger partial charge in [0.1, 0.15) is 11.4 Å². The van der Waals surface area contributed by atoms with Gasteiger partial charge in [0.05, 0.1) is 15.2 Å². The molecule has 12 heteroatoms. The number of aromatic nitrogens is 2. The molecule has 0 saturated heterocycles. The summed E-state index contributed by atoms with van der Waals surface area (Å²) in [7, 11) is -2.25. The molecule has 1 aromatic heterocycles. The van der Waals surface area contributed by atoms with E-state index in [4.69, 9.17) is 11.6 Å². The fourth-order valence-corrected chi connectivity index (χ4v) is 8.71. The van der Waals surface area contributed by atoms with E-state index in [0.717, 1.165) is 6.07 Å². The molecule has 2 aliphatic rings. The summed E-state index contributed by atoms with van der Waals surface area (Å²) in [6.07, 6.45) is 4.98. The standard InChI is InChI=1S/C25H23ClF3N3O4S/c1-32-7-6-30-24(32)25(34)11-14-2-3-15(12-25)22(14)37(35,36)20-8-13(4-5-17(20)26)23(33)31-16-9-18(27)21(29)19(28)10-16/h4-10,14-15,22,34H,2-3,11-12H2,1H3,(H,31,33)/t14?,15?,22-,25-. The Morgan fingerprint density at radius 3 is 2.32 bits per heavy atom. The van der Waals surface area contributed by atoms with Crippen LogP contribution in [0, 0.1) is 29.3 Å². The van der Waals surface area contributed by atoms with E-state index < -0.39 is 44.0 Å². The molecule has 2 unspecified atom stereocenters. The number of imidazole rings is 1. The molecule has 0 aliphatic heterocycles. The van der Waals surface area contributed by atoms with Crippen LogP contribution < -0.4 is 5.32 Å². The maximum absolute atomic E-state index is 13.8. The molecule has 2 aromatic carbocycles. The quantitative estimate of drug-likeness (QED) is 0.450. The second-order valence-electron chi connectivity index (χ2n) is 9.76. The Kier molecular flexibility index (Phi) is 6.36. The fraction of sp³-hybridized carbons (Fsp3) is 0.360. The van der Waals surface area contributed by atoms with E-state index in [2.05, 4.69) is 10.3 Å². The maximum Gasteiger partial charge on any atom is 0.255 e. The first kappa shape index (κ1) is 25.7. The zero-order valence-corrected chi connectivity index (χ0v) is 21.2. The SMILES string of the molecule is Cn1ccnc1[C@]1(O)CC2CCC(C1)[C@H]2S(=O)(=O)c1cc(C(=O)Nc2cc(F)c(F)c(F)c2)ccc1Cl. The van der Waals surface area contributed by atoms with Crippen LogP contribution in [0.15, 0.2) is 47.6 Å². The lowest BCUT2D eigenvalue weighted by Crippen LogP contribution is -2.45. The van der Waals surface area contributed by atoms with Gasteiger partial charge in [-0.25, -0.2) is 26.6 Å². The number of fused-ring (bicyclic) bond motifs is 2. The minimum atomic E-state index is -4.03. The number of nitrogens with one attached hydrogen (secondary N) is 1. The van der Waals surface area contributed by atoms with Crippen molar-refractivity contribution in [2.45, 2.75) is 41.4 Å². The van der Waals surface area contributed by atoms with Gasteiger partial charge in [0.15, 0.2) is 27.3 Å². The first-order valence-corrected chi connectivity index (χ1v) is 13.5. The molecule has 1 amide bonds. The number of anilines is 1. The normalized spacial score (nSPS) is 25.3. The summed E-state index contributed by atoms with van der Waals surface area (Å²) in [6, 6.07) is 4.91. The molecule has 2 saturated carbocycles. The second-order valence-corrected chi connectivity index (χ2v) is 12.2. The molecule has 5 rings (SSSR count). The van der Waals surface area contributed by atoms with Gasteiger partial charge in [0, 0.05) is 42.8 Å². The van der Waals surface area contributed by atoms with Crippen molar-refractivity contribution in [1.29, 1.82) is 0 Å². The summed E-state index contributed by atoms with van der Waals surface area (Å²) in [5.74, 6) is -5.68. The first-order chi connectivity index (χ1) is 17.4. The van der Waals surface area contributed by atoms with Crippen molar-refractivity contribution in [3.05, 3.63) is 76.6 Å². The minimum Gasteiger partial charge on any atom is -0.382 e. The van der Waals surface area contributed by atoms with Gasteiger partial charge in [-0.05, 0) is 55.7 Å². The highest BCUT2D eigenvalue weighted by Crippen LogP contribution is 2.54. The van der Waals surface area contributed by atoms with Crippen molar-refractivity contribution in [3.8, 4) is 0 Å². The summed E-state index contributed by atoms with van der Waals surface area (Å²) in [4.78, 5) is 16.8. The van der Waals surface area contributed by atoms with Crippen LogP contribution in [-0.2, 0) is 22.5 Å². The predicted octanol–water partition coefficient (Wildman–Crippen LogP) is 4.59. The van der Waals surface area contributed by atoms with Crippen LogP contribution in [0.4, 0.5) is 18.9 Å². The minimum absolute atomic E-state index is 0.0697. The van der Waals surface area contributed by atoms with E-state index in [0.29, 0.717) is 30.8 Å². The smallest absolute Gasteiger partial charge is 0.255 e. The molecule has 0 radical (unpaired) electrons. The van der Waals surface area contributed by atoms with Crippen LogP contribution in [0.5, 0.6) is 0 Å². The highest BCUT2D eigenvalue weighted by molar-refractivity contribution is 7.92. The Balaban J connectivity index is 1.43. The van der Waals surface area contributed by atoms with Crippen molar-refractivity contribution in [3.63, 3.8) is 0 Å². The van der Waals surface area contributed by atoms with Crippen LogP contribution in [0.3, 0.4) is 0 Å². The molecule has 2 N–H and O–H groups in total. The highest BCUT2D eigenvalue weighted by atomic mass is 35.5. The number of hydrogen-bond acceptors (Lipinski definition) is 5. The Morgan fingerprint density at radius 2 is 1.76 bits per heavy atom. The molecule has 0 spiro atoms. The average Bonchev–Trinajstić information content (AvgIpc) is 3.39. The van der Waals surface area contributed by atoms with Crippen molar-refractivity contribution in [2.75, 3.05) is 5.32 Å². The number of aryl methyl sites for hydroxylation is 1. The summed E-state index contributed by atoms with van der Waals surface area (Å²) >= 11 is 6.28. The molecule has 1 heterocycles. The molecule has 2 fully saturated rings. The molecule has 2 bridgehead atoms. The number of hydrogen-bond donors (Lipinski definition) is 2. The van der Waals surface area contributed by atoms with Crippen LogP contribution in [-0.4, -0.2) is 34.2 Å². The van der Waals surface area contributed by atoms with Gasteiger partial charge in [-0.1, -0.05) is 11.6 Å². The van der Waals surface area contributed by atoms with E-state index in [1.54, 1.807) is 24.0 Å². The van der Waals surface area contributed by atoms with E-state index in [1.165, 1.54) is 12.1 Å². The third-order valence-electron chi connectivity index (χ3n) is 7.37. The molecule has 7 nitrogen and oxygen atoms in total.